The summed E-state index contributed by atoms with van der Waals surface area (Å²) in [6, 6.07) is 15.4. The second-order valence-electron chi connectivity index (χ2n) is 6.96. The highest BCUT2D eigenvalue weighted by Crippen LogP contribution is 2.14. The maximum atomic E-state index is 12.5. The fraction of sp³-hybridized carbons (Fsp3) is 0.304. The molecule has 27 heavy (non-hydrogen) atoms. The van der Waals surface area contributed by atoms with E-state index in [1.165, 1.54) is 6.42 Å². The SMILES string of the molecule is Cc1ccccc1/C=C/C(=O)NCc1ccc(C(=O)N2CCCCC2)cc1. The summed E-state index contributed by atoms with van der Waals surface area (Å²) in [5.41, 5.74) is 3.86. The van der Waals surface area contributed by atoms with Crippen molar-refractivity contribution in [3.05, 3.63) is 76.9 Å². The average Bonchev–Trinajstić information content (AvgIpc) is 2.72. The van der Waals surface area contributed by atoms with Crippen LogP contribution in [0.1, 0.15) is 46.3 Å². The molecule has 2 aromatic carbocycles. The van der Waals surface area contributed by atoms with Crippen molar-refractivity contribution in [2.24, 2.45) is 0 Å². The minimum Gasteiger partial charge on any atom is -0.348 e. The van der Waals surface area contributed by atoms with Gasteiger partial charge in [0.05, 0.1) is 0 Å². The number of piperidine rings is 1. The quantitative estimate of drug-likeness (QED) is 0.819. The van der Waals surface area contributed by atoms with Gasteiger partial charge in [0.1, 0.15) is 0 Å². The number of nitrogens with one attached hydrogen (secondary N) is 1. The van der Waals surface area contributed by atoms with Crippen LogP contribution in [0.25, 0.3) is 6.08 Å². The van der Waals surface area contributed by atoms with Gasteiger partial charge in [-0.3, -0.25) is 9.59 Å². The second kappa shape index (κ2) is 9.17. The fourth-order valence-corrected chi connectivity index (χ4v) is 3.23. The molecule has 1 N–H and O–H groups in total. The van der Waals surface area contributed by atoms with Crippen LogP contribution in [0.2, 0.25) is 0 Å². The first-order valence-electron chi connectivity index (χ1n) is 9.53. The molecule has 1 aliphatic heterocycles. The molecule has 0 atom stereocenters. The Labute approximate surface area is 160 Å². The molecule has 0 unspecified atom stereocenters. The van der Waals surface area contributed by atoms with Gasteiger partial charge in [-0.2, -0.15) is 0 Å². The number of carbonyl (C=O) groups is 2. The largest absolute Gasteiger partial charge is 0.348 e. The molecule has 1 saturated heterocycles. The van der Waals surface area contributed by atoms with Gasteiger partial charge in [0, 0.05) is 31.3 Å². The van der Waals surface area contributed by atoms with E-state index in [1.807, 2.05) is 66.4 Å². The Kier molecular flexibility index (Phi) is 6.42. The Morgan fingerprint density at radius 2 is 1.70 bits per heavy atom. The normalized spacial score (nSPS) is 14.3. The number of carbonyl (C=O) groups excluding carboxylic acids is 2. The monoisotopic (exact) mass is 362 g/mol. The molecule has 2 amide bonds. The predicted molar refractivity (Wildman–Crippen MR) is 108 cm³/mol. The van der Waals surface area contributed by atoms with Crippen LogP contribution < -0.4 is 5.32 Å². The molecule has 2 aromatic rings. The van der Waals surface area contributed by atoms with Crippen LogP contribution in [0.15, 0.2) is 54.6 Å². The molecule has 4 heteroatoms. The highest BCUT2D eigenvalue weighted by Gasteiger charge is 2.17. The summed E-state index contributed by atoms with van der Waals surface area (Å²) in [6.45, 7) is 4.16. The zero-order valence-electron chi connectivity index (χ0n) is 15.8. The summed E-state index contributed by atoms with van der Waals surface area (Å²) in [5.74, 6) is -0.0295. The number of amides is 2. The molecule has 1 fully saturated rings. The number of hydrogen-bond donors (Lipinski definition) is 1. The molecule has 140 valence electrons. The lowest BCUT2D eigenvalue weighted by Gasteiger charge is -2.26. The first-order chi connectivity index (χ1) is 13.1. The molecule has 0 aliphatic carbocycles. The highest BCUT2D eigenvalue weighted by molar-refractivity contribution is 5.94. The molecule has 4 nitrogen and oxygen atoms in total. The van der Waals surface area contributed by atoms with Crippen LogP contribution >= 0.6 is 0 Å². The third kappa shape index (κ3) is 5.30. The molecule has 3 rings (SSSR count). The smallest absolute Gasteiger partial charge is 0.253 e. The number of rotatable bonds is 5. The summed E-state index contributed by atoms with van der Waals surface area (Å²) in [4.78, 5) is 26.4. The van der Waals surface area contributed by atoms with Crippen LogP contribution in [-0.4, -0.2) is 29.8 Å². The van der Waals surface area contributed by atoms with Crippen molar-refractivity contribution < 1.29 is 9.59 Å². The zero-order valence-corrected chi connectivity index (χ0v) is 15.8. The standard InChI is InChI=1S/C23H26N2O2/c1-18-7-3-4-8-20(18)13-14-22(26)24-17-19-9-11-21(12-10-19)23(27)25-15-5-2-6-16-25/h3-4,7-14H,2,5-6,15-17H2,1H3,(H,24,26)/b14-13+. The van der Waals surface area contributed by atoms with E-state index in [2.05, 4.69) is 5.32 Å². The molecule has 0 radical (unpaired) electrons. The Balaban J connectivity index is 1.51. The van der Waals surface area contributed by atoms with Gasteiger partial charge < -0.3 is 10.2 Å². The van der Waals surface area contributed by atoms with Crippen molar-refractivity contribution in [3.63, 3.8) is 0 Å². The summed E-state index contributed by atoms with van der Waals surface area (Å²) < 4.78 is 0. The molecule has 1 aliphatic rings. The third-order valence-electron chi connectivity index (χ3n) is 4.91. The topological polar surface area (TPSA) is 49.4 Å². The minimum absolute atomic E-state index is 0.103. The maximum absolute atomic E-state index is 12.5. The van der Waals surface area contributed by atoms with E-state index in [9.17, 15) is 9.59 Å². The fourth-order valence-electron chi connectivity index (χ4n) is 3.23. The van der Waals surface area contributed by atoms with Gasteiger partial charge in [0.25, 0.3) is 5.91 Å². The van der Waals surface area contributed by atoms with E-state index in [-0.39, 0.29) is 11.8 Å². The number of nitrogens with zero attached hydrogens (tertiary/aromatic N) is 1. The third-order valence-corrected chi connectivity index (χ3v) is 4.91. The van der Waals surface area contributed by atoms with Crippen molar-refractivity contribution in [2.45, 2.75) is 32.7 Å². The van der Waals surface area contributed by atoms with Crippen LogP contribution in [-0.2, 0) is 11.3 Å². The molecule has 0 saturated carbocycles. The lowest BCUT2D eigenvalue weighted by atomic mass is 10.1. The Hall–Kier alpha value is -2.88. The van der Waals surface area contributed by atoms with Crippen molar-refractivity contribution in [1.29, 1.82) is 0 Å². The van der Waals surface area contributed by atoms with Gasteiger partial charge in [-0.1, -0.05) is 36.4 Å². The first kappa shape index (κ1) is 18.9. The van der Waals surface area contributed by atoms with E-state index in [1.54, 1.807) is 6.08 Å². The Bertz CT molecular complexity index is 819. The van der Waals surface area contributed by atoms with E-state index >= 15 is 0 Å². The molecular formula is C23H26N2O2. The Morgan fingerprint density at radius 3 is 2.41 bits per heavy atom. The van der Waals surface area contributed by atoms with E-state index in [4.69, 9.17) is 0 Å². The first-order valence-corrected chi connectivity index (χ1v) is 9.53. The van der Waals surface area contributed by atoms with E-state index in [0.29, 0.717) is 12.1 Å². The van der Waals surface area contributed by atoms with Crippen molar-refractivity contribution in [3.8, 4) is 0 Å². The van der Waals surface area contributed by atoms with Gasteiger partial charge >= 0.3 is 0 Å². The maximum Gasteiger partial charge on any atom is 0.253 e. The van der Waals surface area contributed by atoms with Crippen LogP contribution in [0.5, 0.6) is 0 Å². The van der Waals surface area contributed by atoms with Gasteiger partial charge in [0.15, 0.2) is 0 Å². The summed E-state index contributed by atoms with van der Waals surface area (Å²) >= 11 is 0. The number of hydrogen-bond acceptors (Lipinski definition) is 2. The zero-order chi connectivity index (χ0) is 19.1. The van der Waals surface area contributed by atoms with E-state index in [0.717, 1.165) is 42.6 Å². The number of aryl methyl sites for hydroxylation is 1. The van der Waals surface area contributed by atoms with Gasteiger partial charge in [-0.15, -0.1) is 0 Å². The molecule has 1 heterocycles. The van der Waals surface area contributed by atoms with Gasteiger partial charge in [-0.05, 0) is 61.1 Å². The van der Waals surface area contributed by atoms with Crippen LogP contribution in [0.3, 0.4) is 0 Å². The molecule has 0 bridgehead atoms. The minimum atomic E-state index is -0.133. The van der Waals surface area contributed by atoms with Crippen LogP contribution in [0, 0.1) is 6.92 Å². The lowest BCUT2D eigenvalue weighted by molar-refractivity contribution is -0.116. The molecule has 0 aromatic heterocycles. The highest BCUT2D eigenvalue weighted by atomic mass is 16.2. The van der Waals surface area contributed by atoms with Gasteiger partial charge in [-0.25, -0.2) is 0 Å². The second-order valence-corrected chi connectivity index (χ2v) is 6.96. The van der Waals surface area contributed by atoms with E-state index < -0.39 is 0 Å². The number of likely N-dealkylation sites (tertiary alicyclic amines) is 1. The van der Waals surface area contributed by atoms with Crippen molar-refractivity contribution >= 4 is 17.9 Å². The lowest BCUT2D eigenvalue weighted by Crippen LogP contribution is -2.35. The molecule has 0 spiro atoms. The average molecular weight is 362 g/mol. The van der Waals surface area contributed by atoms with Gasteiger partial charge in [0.2, 0.25) is 5.91 Å². The van der Waals surface area contributed by atoms with Crippen molar-refractivity contribution in [2.75, 3.05) is 13.1 Å². The predicted octanol–water partition coefficient (Wildman–Crippen LogP) is 3.95. The molecular weight excluding hydrogens is 336 g/mol. The Morgan fingerprint density at radius 1 is 1.00 bits per heavy atom. The van der Waals surface area contributed by atoms with Crippen molar-refractivity contribution in [1.82, 2.24) is 10.2 Å². The summed E-state index contributed by atoms with van der Waals surface area (Å²) in [5, 5.41) is 2.88. The number of benzene rings is 2. The van der Waals surface area contributed by atoms with Crippen LogP contribution in [0.4, 0.5) is 0 Å². The summed E-state index contributed by atoms with van der Waals surface area (Å²) in [6.07, 6.45) is 6.76. The summed E-state index contributed by atoms with van der Waals surface area (Å²) in [7, 11) is 0.